The molecule has 0 unspecified atom stereocenters. The van der Waals surface area contributed by atoms with E-state index >= 15 is 0 Å². The van der Waals surface area contributed by atoms with Crippen molar-refractivity contribution in [3.8, 4) is 17.2 Å². The fourth-order valence-electron chi connectivity index (χ4n) is 3.74. The van der Waals surface area contributed by atoms with Crippen LogP contribution < -0.4 is 14.2 Å². The molecule has 3 aromatic carbocycles. The number of benzene rings is 3. The molecule has 0 heterocycles. The largest absolute Gasteiger partial charge is 0.496 e. The smallest absolute Gasteiger partial charge is 0.127 e. The Morgan fingerprint density at radius 2 is 0.811 bits per heavy atom. The highest BCUT2D eigenvalue weighted by atomic mass is 16.5. The van der Waals surface area contributed by atoms with E-state index in [2.05, 4.69) is 19.9 Å². The van der Waals surface area contributed by atoms with Crippen LogP contribution in [0.3, 0.4) is 0 Å². The fraction of sp³-hybridized carbons (Fsp3) is 0.300. The molecule has 0 aliphatic carbocycles. The van der Waals surface area contributed by atoms with Crippen LogP contribution >= 0.6 is 0 Å². The number of hydrogen-bond acceptors (Lipinski definition) is 7. The van der Waals surface area contributed by atoms with Crippen LogP contribution in [-0.4, -0.2) is 84.1 Å². The predicted molar refractivity (Wildman–Crippen MR) is 153 cm³/mol. The van der Waals surface area contributed by atoms with Crippen LogP contribution in [0.4, 0.5) is 0 Å². The summed E-state index contributed by atoms with van der Waals surface area (Å²) in [5.74, 6) is 2.46. The van der Waals surface area contributed by atoms with Crippen molar-refractivity contribution < 1.29 is 14.2 Å². The first-order chi connectivity index (χ1) is 18.2. The van der Waals surface area contributed by atoms with Crippen molar-refractivity contribution in [3.63, 3.8) is 0 Å². The zero-order valence-corrected chi connectivity index (χ0v) is 21.9. The molecule has 0 N–H and O–H groups in total. The van der Waals surface area contributed by atoms with Crippen molar-refractivity contribution in [3.05, 3.63) is 89.5 Å². The average Bonchev–Trinajstić information content (AvgIpc) is 2.95. The van der Waals surface area contributed by atoms with E-state index in [0.29, 0.717) is 19.6 Å². The minimum Gasteiger partial charge on any atom is -0.496 e. The van der Waals surface area contributed by atoms with Crippen LogP contribution in [-0.2, 0) is 0 Å². The van der Waals surface area contributed by atoms with Gasteiger partial charge in [0.2, 0.25) is 0 Å². The third-order valence-electron chi connectivity index (χ3n) is 5.74. The SMILES string of the molecule is COc1ccccc1C=NCCN(CCN=Cc1ccccc1OC)CCN=Cc1ccccc1OC. The Bertz CT molecular complexity index is 1030. The number of para-hydroxylation sites is 3. The second-order valence-electron chi connectivity index (χ2n) is 8.17. The second kappa shape index (κ2) is 15.9. The summed E-state index contributed by atoms with van der Waals surface area (Å²) in [6.07, 6.45) is 5.62. The van der Waals surface area contributed by atoms with Gasteiger partial charge in [-0.05, 0) is 36.4 Å². The molecule has 0 atom stereocenters. The lowest BCUT2D eigenvalue weighted by molar-refractivity contribution is 0.298. The molecular formula is C30H36N4O3. The highest BCUT2D eigenvalue weighted by Gasteiger charge is 2.05. The van der Waals surface area contributed by atoms with Crippen LogP contribution in [0.5, 0.6) is 17.2 Å². The molecule has 7 nitrogen and oxygen atoms in total. The van der Waals surface area contributed by atoms with Gasteiger partial charge >= 0.3 is 0 Å². The topological polar surface area (TPSA) is 68.0 Å². The molecule has 194 valence electrons. The molecule has 0 bridgehead atoms. The molecule has 0 aromatic heterocycles. The number of aliphatic imine (C=N–C) groups is 3. The summed E-state index contributed by atoms with van der Waals surface area (Å²) in [5.41, 5.74) is 2.91. The summed E-state index contributed by atoms with van der Waals surface area (Å²) in [4.78, 5) is 16.2. The number of rotatable bonds is 15. The van der Waals surface area contributed by atoms with Crippen molar-refractivity contribution in [2.45, 2.75) is 0 Å². The van der Waals surface area contributed by atoms with E-state index < -0.39 is 0 Å². The van der Waals surface area contributed by atoms with Crippen LogP contribution in [0.2, 0.25) is 0 Å². The van der Waals surface area contributed by atoms with Gasteiger partial charge in [-0.2, -0.15) is 0 Å². The summed E-state index contributed by atoms with van der Waals surface area (Å²) in [6.45, 7) is 4.43. The molecule has 3 rings (SSSR count). The molecule has 0 radical (unpaired) electrons. The second-order valence-corrected chi connectivity index (χ2v) is 8.17. The summed E-state index contributed by atoms with van der Waals surface area (Å²) in [6, 6.07) is 23.6. The average molecular weight is 501 g/mol. The molecular weight excluding hydrogens is 464 g/mol. The maximum absolute atomic E-state index is 5.41. The molecule has 0 saturated heterocycles. The zero-order chi connectivity index (χ0) is 26.1. The van der Waals surface area contributed by atoms with Crippen LogP contribution in [0.15, 0.2) is 87.8 Å². The molecule has 3 aromatic rings. The van der Waals surface area contributed by atoms with E-state index in [1.165, 1.54) is 0 Å². The first-order valence-corrected chi connectivity index (χ1v) is 12.4. The van der Waals surface area contributed by atoms with E-state index in [0.717, 1.165) is 53.6 Å². The molecule has 37 heavy (non-hydrogen) atoms. The van der Waals surface area contributed by atoms with Gasteiger partial charge in [0, 0.05) is 55.0 Å². The number of nitrogens with zero attached hydrogens (tertiary/aromatic N) is 4. The predicted octanol–water partition coefficient (Wildman–Crippen LogP) is 4.67. The lowest BCUT2D eigenvalue weighted by Crippen LogP contribution is -2.31. The van der Waals surface area contributed by atoms with Crippen molar-refractivity contribution >= 4 is 18.6 Å². The van der Waals surface area contributed by atoms with E-state index in [4.69, 9.17) is 14.2 Å². The summed E-state index contributed by atoms with van der Waals surface area (Å²) in [7, 11) is 5.02. The third kappa shape index (κ3) is 9.20. The van der Waals surface area contributed by atoms with Gasteiger partial charge < -0.3 is 14.2 Å². The number of hydrogen-bond donors (Lipinski definition) is 0. The van der Waals surface area contributed by atoms with Gasteiger partial charge in [0.1, 0.15) is 17.2 Å². The first kappa shape index (κ1) is 27.6. The van der Waals surface area contributed by atoms with Gasteiger partial charge in [0.05, 0.1) is 41.0 Å². The normalized spacial score (nSPS) is 11.7. The Morgan fingerprint density at radius 3 is 1.11 bits per heavy atom. The quantitative estimate of drug-likeness (QED) is 0.285. The molecule has 0 spiro atoms. The van der Waals surface area contributed by atoms with Gasteiger partial charge in [0.15, 0.2) is 0 Å². The minimum absolute atomic E-state index is 0.671. The van der Waals surface area contributed by atoms with Crippen molar-refractivity contribution in [2.75, 3.05) is 60.6 Å². The number of ether oxygens (including phenoxy) is 3. The molecule has 0 aliphatic rings. The Labute approximate surface area is 220 Å². The monoisotopic (exact) mass is 500 g/mol. The standard InChI is InChI=1S/C30H36N4O3/c1-35-28-13-7-4-10-25(28)22-31-16-19-34(20-17-32-23-26-11-5-8-14-29(26)36-2)21-18-33-24-27-12-6-9-15-30(27)37-3/h4-15,22-24H,16-21H2,1-3H3. The summed E-state index contributed by atoms with van der Waals surface area (Å²) >= 11 is 0. The van der Waals surface area contributed by atoms with Gasteiger partial charge in [-0.3, -0.25) is 19.9 Å². The molecule has 7 heteroatoms. The van der Waals surface area contributed by atoms with Crippen molar-refractivity contribution in [1.29, 1.82) is 0 Å². The minimum atomic E-state index is 0.671. The lowest BCUT2D eigenvalue weighted by Gasteiger charge is -2.19. The lowest BCUT2D eigenvalue weighted by atomic mass is 10.2. The Morgan fingerprint density at radius 1 is 0.514 bits per heavy atom. The van der Waals surface area contributed by atoms with Gasteiger partial charge in [0.25, 0.3) is 0 Å². The van der Waals surface area contributed by atoms with Gasteiger partial charge in [-0.25, -0.2) is 0 Å². The summed E-state index contributed by atoms with van der Waals surface area (Å²) < 4.78 is 16.2. The maximum Gasteiger partial charge on any atom is 0.127 e. The Balaban J connectivity index is 1.57. The Hall–Kier alpha value is -3.97. The van der Waals surface area contributed by atoms with E-state index in [1.54, 1.807) is 21.3 Å². The van der Waals surface area contributed by atoms with Crippen LogP contribution in [0.25, 0.3) is 0 Å². The van der Waals surface area contributed by atoms with Gasteiger partial charge in [-0.15, -0.1) is 0 Å². The highest BCUT2D eigenvalue weighted by Crippen LogP contribution is 2.16. The maximum atomic E-state index is 5.41. The highest BCUT2D eigenvalue weighted by molar-refractivity contribution is 5.84. The number of methoxy groups -OCH3 is 3. The molecule has 0 fully saturated rings. The van der Waals surface area contributed by atoms with E-state index in [-0.39, 0.29) is 0 Å². The van der Waals surface area contributed by atoms with Gasteiger partial charge in [-0.1, -0.05) is 36.4 Å². The fourth-order valence-corrected chi connectivity index (χ4v) is 3.74. The first-order valence-electron chi connectivity index (χ1n) is 12.4. The van der Waals surface area contributed by atoms with E-state index in [1.807, 2.05) is 91.4 Å². The molecule has 0 amide bonds. The zero-order valence-electron chi connectivity index (χ0n) is 21.9. The van der Waals surface area contributed by atoms with Crippen molar-refractivity contribution in [1.82, 2.24) is 4.90 Å². The van der Waals surface area contributed by atoms with E-state index in [9.17, 15) is 0 Å². The molecule has 0 aliphatic heterocycles. The third-order valence-corrected chi connectivity index (χ3v) is 5.74. The Kier molecular flexibility index (Phi) is 11.9. The van der Waals surface area contributed by atoms with Crippen LogP contribution in [0.1, 0.15) is 16.7 Å². The van der Waals surface area contributed by atoms with Crippen LogP contribution in [0, 0.1) is 0 Å². The van der Waals surface area contributed by atoms with Crippen molar-refractivity contribution in [2.24, 2.45) is 15.0 Å². The molecule has 0 saturated carbocycles. The summed E-state index contributed by atoms with van der Waals surface area (Å²) in [5, 5.41) is 0.